The van der Waals surface area contributed by atoms with Crippen LogP contribution in [0.1, 0.15) is 45.2 Å². The Labute approximate surface area is 159 Å². The molecule has 2 amide bonds. The van der Waals surface area contributed by atoms with Gasteiger partial charge in [-0.05, 0) is 44.1 Å². The topological polar surface area (TPSA) is 61.4 Å². The second-order valence-corrected chi connectivity index (χ2v) is 8.08. The minimum absolute atomic E-state index is 0.0471. The minimum atomic E-state index is -0.329. The number of amides is 2. The van der Waals surface area contributed by atoms with Gasteiger partial charge in [0.1, 0.15) is 0 Å². The maximum atomic E-state index is 12.6. The lowest BCUT2D eigenvalue weighted by Gasteiger charge is -2.25. The van der Waals surface area contributed by atoms with Gasteiger partial charge in [-0.15, -0.1) is 0 Å². The van der Waals surface area contributed by atoms with E-state index in [-0.39, 0.29) is 30.3 Å². The van der Waals surface area contributed by atoms with Gasteiger partial charge in [0.2, 0.25) is 11.8 Å². The number of hydrogen-bond donors (Lipinski definition) is 2. The summed E-state index contributed by atoms with van der Waals surface area (Å²) >= 11 is 3.40. The van der Waals surface area contributed by atoms with Crippen molar-refractivity contribution in [3.05, 3.63) is 34.3 Å². The van der Waals surface area contributed by atoms with Crippen LogP contribution in [0.15, 0.2) is 28.7 Å². The van der Waals surface area contributed by atoms with Crippen LogP contribution in [0.3, 0.4) is 0 Å². The number of nitrogens with one attached hydrogen (secondary N) is 2. The number of halogens is 1. The molecule has 0 aliphatic heterocycles. The van der Waals surface area contributed by atoms with Crippen molar-refractivity contribution < 1.29 is 9.59 Å². The highest BCUT2D eigenvalue weighted by atomic mass is 79.9. The van der Waals surface area contributed by atoms with Crippen molar-refractivity contribution in [1.29, 1.82) is 0 Å². The van der Waals surface area contributed by atoms with E-state index in [0.717, 1.165) is 23.0 Å². The summed E-state index contributed by atoms with van der Waals surface area (Å²) in [6.45, 7) is 6.57. The van der Waals surface area contributed by atoms with Crippen LogP contribution in [0.2, 0.25) is 0 Å². The molecule has 5 nitrogen and oxygen atoms in total. The Bertz CT molecular complexity index is 548. The van der Waals surface area contributed by atoms with E-state index < -0.39 is 0 Å². The number of rotatable bonds is 9. The number of benzene rings is 1. The monoisotopic (exact) mass is 411 g/mol. The molecule has 0 aromatic heterocycles. The fourth-order valence-electron chi connectivity index (χ4n) is 2.85. The van der Waals surface area contributed by atoms with Gasteiger partial charge in [0.15, 0.2) is 0 Å². The SMILES string of the molecule is CC(=O)NC(CC(=O)NC(CC(C)C)CN(C)C)c1ccc(Br)cc1. The van der Waals surface area contributed by atoms with Gasteiger partial charge in [-0.3, -0.25) is 9.59 Å². The van der Waals surface area contributed by atoms with E-state index in [0.29, 0.717) is 5.92 Å². The molecule has 0 saturated carbocycles. The van der Waals surface area contributed by atoms with E-state index >= 15 is 0 Å². The first-order valence-electron chi connectivity index (χ1n) is 8.64. The first kappa shape index (κ1) is 21.6. The van der Waals surface area contributed by atoms with Gasteiger partial charge < -0.3 is 15.5 Å². The van der Waals surface area contributed by atoms with E-state index in [1.54, 1.807) is 0 Å². The Morgan fingerprint density at radius 2 is 1.72 bits per heavy atom. The van der Waals surface area contributed by atoms with Crippen molar-refractivity contribution in [3.63, 3.8) is 0 Å². The third kappa shape index (κ3) is 9.02. The molecule has 0 bridgehead atoms. The quantitative estimate of drug-likeness (QED) is 0.655. The van der Waals surface area contributed by atoms with Gasteiger partial charge >= 0.3 is 0 Å². The van der Waals surface area contributed by atoms with Crippen molar-refractivity contribution in [2.75, 3.05) is 20.6 Å². The Hall–Kier alpha value is -1.40. The van der Waals surface area contributed by atoms with Gasteiger partial charge in [-0.1, -0.05) is 41.9 Å². The highest BCUT2D eigenvalue weighted by Crippen LogP contribution is 2.20. The molecule has 0 saturated heterocycles. The fourth-order valence-corrected chi connectivity index (χ4v) is 3.12. The number of nitrogens with zero attached hydrogens (tertiary/aromatic N) is 1. The van der Waals surface area contributed by atoms with Gasteiger partial charge in [-0.2, -0.15) is 0 Å². The van der Waals surface area contributed by atoms with Gasteiger partial charge in [0, 0.05) is 24.0 Å². The molecule has 2 atom stereocenters. The lowest BCUT2D eigenvalue weighted by Crippen LogP contribution is -2.43. The van der Waals surface area contributed by atoms with Crippen LogP contribution in [0.5, 0.6) is 0 Å². The first-order chi connectivity index (χ1) is 11.7. The van der Waals surface area contributed by atoms with Crippen LogP contribution < -0.4 is 10.6 Å². The predicted octanol–water partition coefficient (Wildman–Crippen LogP) is 3.11. The van der Waals surface area contributed by atoms with Crippen molar-refractivity contribution in [1.82, 2.24) is 15.5 Å². The summed E-state index contributed by atoms with van der Waals surface area (Å²) in [5.74, 6) is 0.310. The summed E-state index contributed by atoms with van der Waals surface area (Å²) in [5.41, 5.74) is 0.918. The Morgan fingerprint density at radius 1 is 1.12 bits per heavy atom. The maximum Gasteiger partial charge on any atom is 0.222 e. The molecule has 0 fully saturated rings. The third-order valence-corrected chi connectivity index (χ3v) is 4.27. The van der Waals surface area contributed by atoms with Crippen LogP contribution in [0.4, 0.5) is 0 Å². The standard InChI is InChI=1S/C19H30BrN3O2/c1-13(2)10-17(12-23(4)5)22-19(25)11-18(21-14(3)24)15-6-8-16(20)9-7-15/h6-9,13,17-18H,10-12H2,1-5H3,(H,21,24)(H,22,25). The second kappa shape index (κ2) is 10.6. The van der Waals surface area contributed by atoms with Gasteiger partial charge in [0.25, 0.3) is 0 Å². The van der Waals surface area contributed by atoms with Crippen LogP contribution in [-0.2, 0) is 9.59 Å². The largest absolute Gasteiger partial charge is 0.352 e. The molecule has 6 heteroatoms. The normalized spacial score (nSPS) is 13.6. The first-order valence-corrected chi connectivity index (χ1v) is 9.43. The molecule has 0 aliphatic carbocycles. The number of carbonyl (C=O) groups is 2. The summed E-state index contributed by atoms with van der Waals surface area (Å²) in [5, 5.41) is 6.00. The Morgan fingerprint density at radius 3 is 2.20 bits per heavy atom. The van der Waals surface area contributed by atoms with Crippen molar-refractivity contribution >= 4 is 27.7 Å². The molecular weight excluding hydrogens is 382 g/mol. The molecule has 140 valence electrons. The molecule has 0 spiro atoms. The third-order valence-electron chi connectivity index (χ3n) is 3.75. The molecule has 25 heavy (non-hydrogen) atoms. The molecule has 1 aromatic rings. The number of likely N-dealkylation sites (N-methyl/N-ethyl adjacent to an activating group) is 1. The average molecular weight is 412 g/mol. The van der Waals surface area contributed by atoms with Crippen LogP contribution in [-0.4, -0.2) is 43.4 Å². The highest BCUT2D eigenvalue weighted by molar-refractivity contribution is 9.10. The summed E-state index contributed by atoms with van der Waals surface area (Å²) in [6.07, 6.45) is 1.15. The van der Waals surface area contributed by atoms with Gasteiger partial charge in [0.05, 0.1) is 12.5 Å². The predicted molar refractivity (Wildman–Crippen MR) is 105 cm³/mol. The van der Waals surface area contributed by atoms with E-state index in [1.165, 1.54) is 6.92 Å². The van der Waals surface area contributed by atoms with Crippen molar-refractivity contribution in [2.24, 2.45) is 5.92 Å². The molecule has 0 heterocycles. The Balaban J connectivity index is 2.78. The minimum Gasteiger partial charge on any atom is -0.352 e. The van der Waals surface area contributed by atoms with Gasteiger partial charge in [-0.25, -0.2) is 0 Å². The molecule has 0 radical (unpaired) electrons. The molecular formula is C19H30BrN3O2. The average Bonchev–Trinajstić information content (AvgIpc) is 2.45. The highest BCUT2D eigenvalue weighted by Gasteiger charge is 2.20. The van der Waals surface area contributed by atoms with Crippen LogP contribution in [0.25, 0.3) is 0 Å². The van der Waals surface area contributed by atoms with E-state index in [1.807, 2.05) is 38.4 Å². The summed E-state index contributed by atoms with van der Waals surface area (Å²) < 4.78 is 0.963. The summed E-state index contributed by atoms with van der Waals surface area (Å²) in [4.78, 5) is 26.2. The lowest BCUT2D eigenvalue weighted by molar-refractivity contribution is -0.123. The second-order valence-electron chi connectivity index (χ2n) is 7.17. The summed E-state index contributed by atoms with van der Waals surface area (Å²) in [6, 6.07) is 7.44. The van der Waals surface area contributed by atoms with E-state index in [2.05, 4.69) is 45.3 Å². The smallest absolute Gasteiger partial charge is 0.222 e. The molecule has 2 unspecified atom stereocenters. The maximum absolute atomic E-state index is 12.6. The van der Waals surface area contributed by atoms with Crippen LogP contribution >= 0.6 is 15.9 Å². The van der Waals surface area contributed by atoms with Crippen LogP contribution in [0, 0.1) is 5.92 Å². The summed E-state index contributed by atoms with van der Waals surface area (Å²) in [7, 11) is 4.00. The zero-order valence-electron chi connectivity index (χ0n) is 15.8. The van der Waals surface area contributed by atoms with E-state index in [4.69, 9.17) is 0 Å². The van der Waals surface area contributed by atoms with E-state index in [9.17, 15) is 9.59 Å². The molecule has 1 aromatic carbocycles. The van der Waals surface area contributed by atoms with Crippen molar-refractivity contribution in [3.8, 4) is 0 Å². The Kier molecular flexibility index (Phi) is 9.14. The van der Waals surface area contributed by atoms with Crippen molar-refractivity contribution in [2.45, 2.75) is 45.7 Å². The fraction of sp³-hybridized carbons (Fsp3) is 0.579. The lowest BCUT2D eigenvalue weighted by atomic mass is 10.0. The molecule has 0 aliphatic rings. The number of carbonyl (C=O) groups excluding carboxylic acids is 2. The zero-order valence-corrected chi connectivity index (χ0v) is 17.4. The molecule has 1 rings (SSSR count). The molecule has 2 N–H and O–H groups in total. The number of hydrogen-bond acceptors (Lipinski definition) is 3. The zero-order chi connectivity index (χ0) is 19.0.